The van der Waals surface area contributed by atoms with Gasteiger partial charge in [-0.2, -0.15) is 13.2 Å². The second-order valence-corrected chi connectivity index (χ2v) is 7.42. The second-order valence-electron chi connectivity index (χ2n) is 6.58. The molecule has 0 spiro atoms. The molecule has 1 aromatic carbocycles. The average Bonchev–Trinajstić information content (AvgIpc) is 3.23. The summed E-state index contributed by atoms with van der Waals surface area (Å²) in [6.45, 7) is 1.62. The first-order valence-corrected chi connectivity index (χ1v) is 9.96. The number of thiazole rings is 1. The highest BCUT2D eigenvalue weighted by Crippen LogP contribution is 2.34. The van der Waals surface area contributed by atoms with Crippen LogP contribution in [0.1, 0.15) is 12.8 Å². The monoisotopic (exact) mass is 461 g/mol. The number of alkyl halides is 3. The zero-order valence-corrected chi connectivity index (χ0v) is 17.6. The molecule has 170 valence electrons. The molecule has 1 amide bonds. The zero-order chi connectivity index (χ0) is 23.2. The quantitative estimate of drug-likeness (QED) is 0.703. The third kappa shape index (κ3) is 6.74. The topological polar surface area (TPSA) is 115 Å². The van der Waals surface area contributed by atoms with E-state index in [0.29, 0.717) is 0 Å². The zero-order valence-electron chi connectivity index (χ0n) is 16.8. The Bertz CT molecular complexity index is 889. The lowest BCUT2D eigenvalue weighted by atomic mass is 9.97. The smallest absolute Gasteiger partial charge is 0.490 e. The molecular weight excluding hydrogens is 439 g/mol. The number of rotatable bonds is 5. The molecule has 0 bridgehead atoms. The van der Waals surface area contributed by atoms with Gasteiger partial charge in [-0.05, 0) is 25.0 Å². The predicted octanol–water partition coefficient (Wildman–Crippen LogP) is 3.16. The summed E-state index contributed by atoms with van der Waals surface area (Å²) in [6, 6.07) is 5.73. The number of ether oxygens (including phenoxy) is 2. The van der Waals surface area contributed by atoms with E-state index in [2.05, 4.69) is 4.90 Å². The number of halogens is 3. The minimum absolute atomic E-state index is 0.0108. The summed E-state index contributed by atoms with van der Waals surface area (Å²) < 4.78 is 42.4. The number of hydrogen-bond acceptors (Lipinski definition) is 7. The molecule has 8 nitrogen and oxygen atoms in total. The fourth-order valence-corrected chi connectivity index (χ4v) is 3.74. The molecule has 3 rings (SSSR count). The maximum Gasteiger partial charge on any atom is 0.490 e. The molecule has 2 heterocycles. The summed E-state index contributed by atoms with van der Waals surface area (Å²) in [4.78, 5) is 27.1. The number of carbonyl (C=O) groups excluding carboxylic acids is 1. The number of carbonyl (C=O) groups is 2. The number of nitrogens with zero attached hydrogens (tertiary/aromatic N) is 2. The number of methoxy groups -OCH3 is 2. The number of aromatic nitrogens is 1. The lowest BCUT2D eigenvalue weighted by Crippen LogP contribution is -2.38. The number of carboxylic acid groups (broad SMARTS) is 1. The molecule has 2 aromatic rings. The van der Waals surface area contributed by atoms with Gasteiger partial charge in [-0.3, -0.25) is 4.79 Å². The molecule has 0 radical (unpaired) electrons. The highest BCUT2D eigenvalue weighted by Gasteiger charge is 2.38. The van der Waals surface area contributed by atoms with Crippen LogP contribution in [0.2, 0.25) is 0 Å². The van der Waals surface area contributed by atoms with E-state index in [0.717, 1.165) is 53.8 Å². The van der Waals surface area contributed by atoms with E-state index in [1.165, 1.54) is 0 Å². The van der Waals surface area contributed by atoms with Gasteiger partial charge >= 0.3 is 12.1 Å². The van der Waals surface area contributed by atoms with E-state index in [1.54, 1.807) is 25.6 Å². The summed E-state index contributed by atoms with van der Waals surface area (Å²) in [7, 11) is 3.27. The molecule has 1 fully saturated rings. The summed E-state index contributed by atoms with van der Waals surface area (Å²) in [6.07, 6.45) is -3.51. The van der Waals surface area contributed by atoms with Gasteiger partial charge in [0, 0.05) is 36.0 Å². The van der Waals surface area contributed by atoms with Gasteiger partial charge in [0.25, 0.3) is 0 Å². The van der Waals surface area contributed by atoms with Crippen LogP contribution in [0.5, 0.6) is 11.5 Å². The van der Waals surface area contributed by atoms with E-state index in [9.17, 15) is 18.0 Å². The predicted molar refractivity (Wildman–Crippen MR) is 108 cm³/mol. The molecule has 1 aliphatic heterocycles. The number of piperidine rings is 1. The molecule has 31 heavy (non-hydrogen) atoms. The van der Waals surface area contributed by atoms with Crippen LogP contribution >= 0.6 is 11.3 Å². The van der Waals surface area contributed by atoms with Gasteiger partial charge < -0.3 is 25.2 Å². The number of primary amides is 1. The fraction of sp³-hybridized carbons (Fsp3) is 0.421. The maximum atomic E-state index is 11.3. The van der Waals surface area contributed by atoms with Gasteiger partial charge in [0.05, 0.1) is 19.9 Å². The Morgan fingerprint density at radius 1 is 1.16 bits per heavy atom. The number of benzene rings is 1. The fourth-order valence-electron chi connectivity index (χ4n) is 2.85. The first-order valence-electron chi connectivity index (χ1n) is 9.08. The lowest BCUT2D eigenvalue weighted by Gasteiger charge is -2.30. The van der Waals surface area contributed by atoms with Crippen molar-refractivity contribution in [3.05, 3.63) is 23.6 Å². The number of nitrogens with two attached hydrogens (primary N) is 1. The van der Waals surface area contributed by atoms with Crippen molar-refractivity contribution in [2.75, 3.05) is 32.2 Å². The van der Waals surface area contributed by atoms with E-state index in [1.807, 2.05) is 23.6 Å². The highest BCUT2D eigenvalue weighted by molar-refractivity contribution is 7.14. The molecule has 3 N–H and O–H groups in total. The minimum atomic E-state index is -5.08. The van der Waals surface area contributed by atoms with Gasteiger partial charge in [0.2, 0.25) is 5.91 Å². The maximum absolute atomic E-state index is 11.3. The second kappa shape index (κ2) is 10.3. The first-order chi connectivity index (χ1) is 14.5. The van der Waals surface area contributed by atoms with Crippen LogP contribution in [0.3, 0.4) is 0 Å². The molecule has 1 aromatic heterocycles. The molecule has 0 unspecified atom stereocenters. The molecular formula is C19H22F3N3O5S. The van der Waals surface area contributed by atoms with Crippen molar-refractivity contribution in [3.63, 3.8) is 0 Å². The van der Waals surface area contributed by atoms with Crippen molar-refractivity contribution in [3.8, 4) is 22.8 Å². The molecule has 0 aliphatic carbocycles. The third-order valence-electron chi connectivity index (χ3n) is 4.55. The van der Waals surface area contributed by atoms with Crippen molar-refractivity contribution < 1.29 is 37.3 Å². The van der Waals surface area contributed by atoms with Crippen molar-refractivity contribution >= 4 is 28.3 Å². The third-order valence-corrected chi connectivity index (χ3v) is 5.45. The molecule has 1 saturated heterocycles. The Hall–Kier alpha value is -3.02. The van der Waals surface area contributed by atoms with Crippen molar-refractivity contribution in [2.45, 2.75) is 19.0 Å². The van der Waals surface area contributed by atoms with Crippen LogP contribution < -0.4 is 20.1 Å². The SMILES string of the molecule is COc1cc(OC)cc(-c2csc(N3CCC(C(N)=O)CC3)n2)c1.O=C(O)C(F)(F)F. The molecule has 12 heteroatoms. The summed E-state index contributed by atoms with van der Waals surface area (Å²) >= 11 is 1.60. The number of carboxylic acids is 1. The van der Waals surface area contributed by atoms with Gasteiger partial charge in [0.15, 0.2) is 5.13 Å². The van der Waals surface area contributed by atoms with E-state index in [4.69, 9.17) is 30.1 Å². The Labute approximate surface area is 180 Å². The number of anilines is 1. The molecule has 1 aliphatic rings. The standard InChI is InChI=1S/C17H21N3O3S.C2HF3O2/c1-22-13-7-12(8-14(9-13)23-2)15-10-24-17(19-15)20-5-3-11(4-6-20)16(18)21;3-2(4,5)1(6)7/h7-11H,3-6H2,1-2H3,(H2,18,21);(H,6,7). The Morgan fingerprint density at radius 2 is 1.68 bits per heavy atom. The number of aliphatic carboxylic acids is 1. The van der Waals surface area contributed by atoms with Crippen LogP contribution in [0.25, 0.3) is 11.3 Å². The summed E-state index contributed by atoms with van der Waals surface area (Å²) in [5, 5.41) is 10.1. The molecule has 0 saturated carbocycles. The van der Waals surface area contributed by atoms with E-state index in [-0.39, 0.29) is 11.8 Å². The van der Waals surface area contributed by atoms with Crippen molar-refractivity contribution in [1.29, 1.82) is 0 Å². The van der Waals surface area contributed by atoms with Gasteiger partial charge in [0.1, 0.15) is 11.5 Å². The van der Waals surface area contributed by atoms with Crippen molar-refractivity contribution in [1.82, 2.24) is 4.98 Å². The average molecular weight is 461 g/mol. The van der Waals surface area contributed by atoms with E-state index >= 15 is 0 Å². The highest BCUT2D eigenvalue weighted by atomic mass is 32.1. The minimum Gasteiger partial charge on any atom is -0.497 e. The van der Waals surface area contributed by atoms with E-state index < -0.39 is 12.1 Å². The van der Waals surface area contributed by atoms with Gasteiger partial charge in [-0.15, -0.1) is 11.3 Å². The first kappa shape index (κ1) is 24.3. The lowest BCUT2D eigenvalue weighted by molar-refractivity contribution is -0.192. The van der Waals surface area contributed by atoms with Crippen LogP contribution in [0, 0.1) is 5.92 Å². The van der Waals surface area contributed by atoms with Crippen molar-refractivity contribution in [2.24, 2.45) is 11.7 Å². The largest absolute Gasteiger partial charge is 0.497 e. The number of hydrogen-bond donors (Lipinski definition) is 2. The number of amides is 1. The van der Waals surface area contributed by atoms with Gasteiger partial charge in [-0.1, -0.05) is 0 Å². The van der Waals surface area contributed by atoms with Crippen LogP contribution in [-0.4, -0.2) is 55.5 Å². The van der Waals surface area contributed by atoms with Crippen LogP contribution in [0.4, 0.5) is 18.3 Å². The summed E-state index contributed by atoms with van der Waals surface area (Å²) in [5.74, 6) is -1.49. The Morgan fingerprint density at radius 3 is 2.10 bits per heavy atom. The normalized spacial score (nSPS) is 14.4. The van der Waals surface area contributed by atoms with Crippen LogP contribution in [0.15, 0.2) is 23.6 Å². The Kier molecular flexibility index (Phi) is 8.08. The molecule has 0 atom stereocenters. The summed E-state index contributed by atoms with van der Waals surface area (Å²) in [5.41, 5.74) is 7.24. The Balaban J connectivity index is 0.000000423. The van der Waals surface area contributed by atoms with Crippen LogP contribution in [-0.2, 0) is 9.59 Å². The van der Waals surface area contributed by atoms with Gasteiger partial charge in [-0.25, -0.2) is 9.78 Å².